The van der Waals surface area contributed by atoms with E-state index in [9.17, 15) is 4.79 Å². The second kappa shape index (κ2) is 3.67. The Morgan fingerprint density at radius 2 is 2.20 bits per heavy atom. The molecule has 0 saturated carbocycles. The van der Waals surface area contributed by atoms with E-state index in [1.54, 1.807) is 4.90 Å². The van der Waals surface area contributed by atoms with Gasteiger partial charge in [-0.1, -0.05) is 0 Å². The predicted molar refractivity (Wildman–Crippen MR) is 55.7 cm³/mol. The fraction of sp³-hybridized carbons (Fsp3) is 0.909. The molecule has 4 nitrogen and oxygen atoms in total. The molecular formula is C11H19NO3. The monoisotopic (exact) mass is 213 g/mol. The number of rotatable bonds is 0. The Kier molecular flexibility index (Phi) is 2.63. The molecule has 0 N–H and O–H groups in total. The van der Waals surface area contributed by atoms with Crippen LogP contribution in [0.3, 0.4) is 0 Å². The van der Waals surface area contributed by atoms with Crippen LogP contribution in [0.25, 0.3) is 0 Å². The van der Waals surface area contributed by atoms with Crippen LogP contribution in [-0.4, -0.2) is 42.4 Å². The van der Waals surface area contributed by atoms with Crippen molar-refractivity contribution in [1.82, 2.24) is 4.90 Å². The molecule has 2 atom stereocenters. The number of carbonyl (C=O) groups is 1. The lowest BCUT2D eigenvalue weighted by Crippen LogP contribution is -2.55. The minimum atomic E-state index is -0.399. The van der Waals surface area contributed by atoms with Crippen molar-refractivity contribution in [3.63, 3.8) is 0 Å². The summed E-state index contributed by atoms with van der Waals surface area (Å²) in [6.07, 6.45) is 1.15. The summed E-state index contributed by atoms with van der Waals surface area (Å²) < 4.78 is 10.7. The molecule has 0 unspecified atom stereocenters. The standard InChI is InChI=1S/C11H19NO3/c1-11(2,3)15-10(13)12-5-4-9-8(6-12)7-14-9/h8-9H,4-7H2,1-3H3/t8-,9-/m1/s1. The number of piperidine rings is 1. The Hall–Kier alpha value is -0.770. The number of likely N-dealkylation sites (tertiary alicyclic amines) is 1. The molecule has 0 aromatic heterocycles. The lowest BCUT2D eigenvalue weighted by molar-refractivity contribution is -0.146. The lowest BCUT2D eigenvalue weighted by Gasteiger charge is -2.45. The highest BCUT2D eigenvalue weighted by molar-refractivity contribution is 5.68. The molecule has 86 valence electrons. The molecule has 2 fully saturated rings. The summed E-state index contributed by atoms with van der Waals surface area (Å²) in [5, 5.41) is 0. The maximum absolute atomic E-state index is 11.8. The van der Waals surface area contributed by atoms with Crippen LogP contribution in [0.2, 0.25) is 0 Å². The predicted octanol–water partition coefficient (Wildman–Crippen LogP) is 1.64. The maximum Gasteiger partial charge on any atom is 0.410 e. The molecule has 2 aliphatic rings. The molecule has 0 bridgehead atoms. The fourth-order valence-electron chi connectivity index (χ4n) is 2.01. The first kappa shape index (κ1) is 10.7. The molecule has 0 spiro atoms. The first-order valence-electron chi connectivity index (χ1n) is 5.55. The van der Waals surface area contributed by atoms with Gasteiger partial charge >= 0.3 is 6.09 Å². The molecule has 0 aromatic carbocycles. The van der Waals surface area contributed by atoms with Gasteiger partial charge in [0.1, 0.15) is 5.60 Å². The van der Waals surface area contributed by atoms with Crippen LogP contribution >= 0.6 is 0 Å². The number of nitrogens with zero attached hydrogens (tertiary/aromatic N) is 1. The Bertz CT molecular complexity index is 259. The minimum absolute atomic E-state index is 0.187. The van der Waals surface area contributed by atoms with Gasteiger partial charge in [-0.3, -0.25) is 0 Å². The lowest BCUT2D eigenvalue weighted by atomic mass is 9.91. The molecule has 15 heavy (non-hydrogen) atoms. The largest absolute Gasteiger partial charge is 0.444 e. The van der Waals surface area contributed by atoms with E-state index in [1.165, 1.54) is 0 Å². The van der Waals surface area contributed by atoms with Gasteiger partial charge in [-0.15, -0.1) is 0 Å². The zero-order valence-corrected chi connectivity index (χ0v) is 9.66. The molecule has 2 saturated heterocycles. The number of carbonyl (C=O) groups excluding carboxylic acids is 1. The first-order valence-corrected chi connectivity index (χ1v) is 5.55. The minimum Gasteiger partial charge on any atom is -0.444 e. The number of hydrogen-bond donors (Lipinski definition) is 0. The molecule has 1 amide bonds. The van der Waals surface area contributed by atoms with E-state index in [0.717, 1.165) is 26.1 Å². The Morgan fingerprint density at radius 1 is 1.47 bits per heavy atom. The van der Waals surface area contributed by atoms with Gasteiger partial charge in [0.15, 0.2) is 0 Å². The summed E-state index contributed by atoms with van der Waals surface area (Å²) in [4.78, 5) is 13.6. The third-order valence-corrected chi connectivity index (χ3v) is 2.84. The van der Waals surface area contributed by atoms with Gasteiger partial charge in [-0.25, -0.2) is 4.79 Å². The molecule has 2 rings (SSSR count). The van der Waals surface area contributed by atoms with Gasteiger partial charge in [0, 0.05) is 19.0 Å². The maximum atomic E-state index is 11.8. The van der Waals surface area contributed by atoms with Crippen molar-refractivity contribution in [1.29, 1.82) is 0 Å². The Morgan fingerprint density at radius 3 is 2.67 bits per heavy atom. The number of fused-ring (bicyclic) bond motifs is 1. The van der Waals surface area contributed by atoms with Crippen LogP contribution in [0.15, 0.2) is 0 Å². The molecule has 0 aliphatic carbocycles. The first-order chi connectivity index (χ1) is 6.96. The number of ether oxygens (including phenoxy) is 2. The Balaban J connectivity index is 1.86. The summed E-state index contributed by atoms with van der Waals surface area (Å²) in [5.41, 5.74) is -0.399. The summed E-state index contributed by atoms with van der Waals surface area (Å²) in [6.45, 7) is 8.03. The van der Waals surface area contributed by atoms with Gasteiger partial charge < -0.3 is 14.4 Å². The molecule has 0 radical (unpaired) electrons. The van der Waals surface area contributed by atoms with Crippen molar-refractivity contribution in [3.05, 3.63) is 0 Å². The Labute approximate surface area is 90.5 Å². The topological polar surface area (TPSA) is 38.8 Å². The van der Waals surface area contributed by atoms with E-state index < -0.39 is 5.60 Å². The van der Waals surface area contributed by atoms with Crippen LogP contribution in [-0.2, 0) is 9.47 Å². The molecule has 0 aromatic rings. The molecule has 4 heteroatoms. The van der Waals surface area contributed by atoms with Crippen molar-refractivity contribution in [2.24, 2.45) is 5.92 Å². The van der Waals surface area contributed by atoms with Crippen LogP contribution in [0.5, 0.6) is 0 Å². The second-order valence-corrected chi connectivity index (χ2v) is 5.35. The average molecular weight is 213 g/mol. The van der Waals surface area contributed by atoms with E-state index >= 15 is 0 Å². The van der Waals surface area contributed by atoms with Gasteiger partial charge in [-0.2, -0.15) is 0 Å². The summed E-state index contributed by atoms with van der Waals surface area (Å²) >= 11 is 0. The summed E-state index contributed by atoms with van der Waals surface area (Å²) in [5.74, 6) is 0.534. The van der Waals surface area contributed by atoms with Gasteiger partial charge in [0.25, 0.3) is 0 Å². The van der Waals surface area contributed by atoms with Crippen molar-refractivity contribution in [3.8, 4) is 0 Å². The zero-order valence-electron chi connectivity index (χ0n) is 9.66. The van der Waals surface area contributed by atoms with Crippen molar-refractivity contribution >= 4 is 6.09 Å². The van der Waals surface area contributed by atoms with Crippen LogP contribution in [0, 0.1) is 5.92 Å². The number of amides is 1. The van der Waals surface area contributed by atoms with Gasteiger partial charge in [-0.05, 0) is 27.2 Å². The van der Waals surface area contributed by atoms with E-state index in [-0.39, 0.29) is 6.09 Å². The smallest absolute Gasteiger partial charge is 0.410 e. The van der Waals surface area contributed by atoms with Gasteiger partial charge in [0.2, 0.25) is 0 Å². The van der Waals surface area contributed by atoms with Crippen molar-refractivity contribution < 1.29 is 14.3 Å². The fourth-order valence-corrected chi connectivity index (χ4v) is 2.01. The average Bonchev–Trinajstić information content (AvgIpc) is 2.04. The van der Waals surface area contributed by atoms with Crippen LogP contribution in [0.1, 0.15) is 27.2 Å². The summed E-state index contributed by atoms with van der Waals surface area (Å²) in [6, 6.07) is 0. The quantitative estimate of drug-likeness (QED) is 0.614. The third-order valence-electron chi connectivity index (χ3n) is 2.84. The van der Waals surface area contributed by atoms with Crippen molar-refractivity contribution in [2.45, 2.75) is 38.9 Å². The third kappa shape index (κ3) is 2.43. The van der Waals surface area contributed by atoms with Crippen molar-refractivity contribution in [2.75, 3.05) is 19.7 Å². The highest BCUT2D eigenvalue weighted by Gasteiger charge is 2.39. The SMILES string of the molecule is CC(C)(C)OC(=O)N1CC[C@H]2OC[C@H]2C1. The number of hydrogen-bond acceptors (Lipinski definition) is 3. The van der Waals surface area contributed by atoms with Crippen LogP contribution in [0.4, 0.5) is 4.79 Å². The molecule has 2 heterocycles. The van der Waals surface area contributed by atoms with Crippen LogP contribution < -0.4 is 0 Å². The van der Waals surface area contributed by atoms with Gasteiger partial charge in [0.05, 0.1) is 12.7 Å². The summed E-state index contributed by atoms with van der Waals surface area (Å²) in [7, 11) is 0. The second-order valence-electron chi connectivity index (χ2n) is 5.35. The van der Waals surface area contributed by atoms with E-state index in [0.29, 0.717) is 12.0 Å². The highest BCUT2D eigenvalue weighted by Crippen LogP contribution is 2.29. The molecular weight excluding hydrogens is 194 g/mol. The molecule has 2 aliphatic heterocycles. The zero-order chi connectivity index (χ0) is 11.1. The van der Waals surface area contributed by atoms with E-state index in [1.807, 2.05) is 20.8 Å². The normalized spacial score (nSPS) is 30.5. The highest BCUT2D eigenvalue weighted by atomic mass is 16.6. The van der Waals surface area contributed by atoms with E-state index in [4.69, 9.17) is 9.47 Å². The van der Waals surface area contributed by atoms with E-state index in [2.05, 4.69) is 0 Å².